The van der Waals surface area contributed by atoms with Crippen LogP contribution in [0.5, 0.6) is 0 Å². The van der Waals surface area contributed by atoms with Crippen molar-refractivity contribution >= 4 is 23.8 Å². The van der Waals surface area contributed by atoms with E-state index < -0.39 is 0 Å². The van der Waals surface area contributed by atoms with Crippen molar-refractivity contribution in [2.75, 3.05) is 23.5 Å². The number of nitrogen functional groups attached to an aromatic ring is 1. The van der Waals surface area contributed by atoms with Gasteiger partial charge in [0.25, 0.3) is 0 Å². The first kappa shape index (κ1) is 15.7. The van der Waals surface area contributed by atoms with Crippen LogP contribution in [-0.2, 0) is 0 Å². The van der Waals surface area contributed by atoms with Gasteiger partial charge in [0.2, 0.25) is 0 Å². The molecule has 118 valence electrons. The molecule has 2 aromatic rings. The average molecular weight is 325 g/mol. The van der Waals surface area contributed by atoms with Crippen LogP contribution in [0.25, 0.3) is 0 Å². The maximum atomic E-state index is 8.86. The Bertz CT molecular complexity index is 687. The molecule has 0 spiro atoms. The fraction of sp³-hybridized carbons (Fsp3) is 0.294. The summed E-state index contributed by atoms with van der Waals surface area (Å²) in [7, 11) is 0. The molecule has 1 fully saturated rings. The van der Waals surface area contributed by atoms with Gasteiger partial charge in [0, 0.05) is 25.2 Å². The number of aromatic nitrogens is 1. The predicted molar refractivity (Wildman–Crippen MR) is 94.6 cm³/mol. The summed E-state index contributed by atoms with van der Waals surface area (Å²) >= 11 is 1.58. The van der Waals surface area contributed by atoms with Gasteiger partial charge in [0.05, 0.1) is 11.6 Å². The largest absolute Gasteiger partial charge is 0.384 e. The maximum absolute atomic E-state index is 8.86. The molecule has 0 bridgehead atoms. The Labute approximate surface area is 140 Å². The van der Waals surface area contributed by atoms with E-state index in [-0.39, 0.29) is 0 Å². The standard InChI is InChI=1S/C17H19N5S/c18-12-13-4-6-14(7-5-13)15-8-10-22(11-9-15)23-21-17-3-1-2-16(19)20-17/h1-7,15H,8-11H2,(H3,19,20,21). The Morgan fingerprint density at radius 3 is 2.57 bits per heavy atom. The maximum Gasteiger partial charge on any atom is 0.139 e. The molecule has 1 aromatic heterocycles. The first-order valence-electron chi connectivity index (χ1n) is 7.65. The smallest absolute Gasteiger partial charge is 0.139 e. The van der Waals surface area contributed by atoms with Gasteiger partial charge in [-0.25, -0.2) is 9.29 Å². The van der Waals surface area contributed by atoms with E-state index in [0.717, 1.165) is 37.3 Å². The molecule has 0 aliphatic carbocycles. The molecule has 6 heteroatoms. The zero-order valence-corrected chi connectivity index (χ0v) is 13.6. The molecule has 3 rings (SSSR count). The van der Waals surface area contributed by atoms with Crippen molar-refractivity contribution in [3.05, 3.63) is 53.6 Å². The van der Waals surface area contributed by atoms with Crippen LogP contribution in [0.3, 0.4) is 0 Å². The summed E-state index contributed by atoms with van der Waals surface area (Å²) in [6, 6.07) is 15.7. The quantitative estimate of drug-likeness (QED) is 0.839. The first-order valence-corrected chi connectivity index (χ1v) is 8.42. The lowest BCUT2D eigenvalue weighted by molar-refractivity contribution is 0.347. The van der Waals surface area contributed by atoms with Gasteiger partial charge in [-0.05, 0) is 48.6 Å². The van der Waals surface area contributed by atoms with E-state index in [1.807, 2.05) is 24.3 Å². The van der Waals surface area contributed by atoms with E-state index in [1.165, 1.54) is 5.56 Å². The molecule has 5 nitrogen and oxygen atoms in total. The highest BCUT2D eigenvalue weighted by Gasteiger charge is 2.21. The highest BCUT2D eigenvalue weighted by Crippen LogP contribution is 2.30. The third kappa shape index (κ3) is 4.15. The second-order valence-electron chi connectivity index (χ2n) is 5.58. The summed E-state index contributed by atoms with van der Waals surface area (Å²) in [5.41, 5.74) is 7.73. The third-order valence-corrected chi connectivity index (χ3v) is 4.94. The molecule has 2 heterocycles. The van der Waals surface area contributed by atoms with Crippen LogP contribution in [0.4, 0.5) is 11.6 Å². The third-order valence-electron chi connectivity index (χ3n) is 4.02. The number of piperidine rings is 1. The van der Waals surface area contributed by atoms with Crippen molar-refractivity contribution in [1.29, 1.82) is 5.26 Å². The number of benzene rings is 1. The number of nitrogens with zero attached hydrogens (tertiary/aromatic N) is 3. The van der Waals surface area contributed by atoms with Crippen molar-refractivity contribution in [1.82, 2.24) is 9.29 Å². The summed E-state index contributed by atoms with van der Waals surface area (Å²) in [6.45, 7) is 2.04. The van der Waals surface area contributed by atoms with E-state index in [4.69, 9.17) is 11.0 Å². The Morgan fingerprint density at radius 2 is 1.91 bits per heavy atom. The van der Waals surface area contributed by atoms with Crippen molar-refractivity contribution in [3.63, 3.8) is 0 Å². The second kappa shape index (κ2) is 7.36. The summed E-state index contributed by atoms with van der Waals surface area (Å²) in [4.78, 5) is 4.23. The topological polar surface area (TPSA) is 78.0 Å². The number of rotatable bonds is 4. The minimum absolute atomic E-state index is 0.523. The Kier molecular flexibility index (Phi) is 5.01. The zero-order valence-electron chi connectivity index (χ0n) is 12.8. The molecule has 0 radical (unpaired) electrons. The van der Waals surface area contributed by atoms with Crippen LogP contribution in [0.2, 0.25) is 0 Å². The summed E-state index contributed by atoms with van der Waals surface area (Å²) in [5, 5.41) is 8.86. The van der Waals surface area contributed by atoms with Gasteiger partial charge in [-0.2, -0.15) is 5.26 Å². The van der Waals surface area contributed by atoms with Crippen molar-refractivity contribution in [2.45, 2.75) is 18.8 Å². The van der Waals surface area contributed by atoms with Gasteiger partial charge in [-0.1, -0.05) is 18.2 Å². The van der Waals surface area contributed by atoms with E-state index in [0.29, 0.717) is 11.7 Å². The van der Waals surface area contributed by atoms with E-state index in [9.17, 15) is 0 Å². The molecule has 1 aliphatic rings. The normalized spacial score (nSPS) is 16.0. The summed E-state index contributed by atoms with van der Waals surface area (Å²) in [5.74, 6) is 1.88. The summed E-state index contributed by atoms with van der Waals surface area (Å²) < 4.78 is 5.55. The molecule has 0 saturated carbocycles. The van der Waals surface area contributed by atoms with Crippen LogP contribution in [0, 0.1) is 11.3 Å². The van der Waals surface area contributed by atoms with E-state index in [1.54, 1.807) is 18.2 Å². The Balaban J connectivity index is 1.49. The zero-order chi connectivity index (χ0) is 16.1. The van der Waals surface area contributed by atoms with Gasteiger partial charge in [-0.3, -0.25) is 0 Å². The van der Waals surface area contributed by atoms with Crippen molar-refractivity contribution < 1.29 is 0 Å². The number of hydrogen-bond acceptors (Lipinski definition) is 6. The van der Waals surface area contributed by atoms with Gasteiger partial charge in [0.1, 0.15) is 11.6 Å². The predicted octanol–water partition coefficient (Wildman–Crippen LogP) is 3.39. The average Bonchev–Trinajstić information content (AvgIpc) is 2.61. The lowest BCUT2D eigenvalue weighted by Gasteiger charge is -2.30. The Morgan fingerprint density at radius 1 is 1.17 bits per heavy atom. The number of nitrogens with one attached hydrogen (secondary N) is 1. The monoisotopic (exact) mass is 325 g/mol. The number of hydrogen-bond donors (Lipinski definition) is 2. The lowest BCUT2D eigenvalue weighted by Crippen LogP contribution is -2.28. The van der Waals surface area contributed by atoms with Crippen molar-refractivity contribution in [2.24, 2.45) is 0 Å². The first-order chi connectivity index (χ1) is 11.2. The molecule has 0 amide bonds. The van der Waals surface area contributed by atoms with E-state index in [2.05, 4.69) is 32.2 Å². The molecule has 3 N–H and O–H groups in total. The molecular weight excluding hydrogens is 306 g/mol. The highest BCUT2D eigenvalue weighted by molar-refractivity contribution is 7.98. The molecule has 1 aliphatic heterocycles. The number of pyridine rings is 1. The molecule has 1 aromatic carbocycles. The van der Waals surface area contributed by atoms with Crippen LogP contribution in [0.15, 0.2) is 42.5 Å². The fourth-order valence-corrected chi connectivity index (χ4v) is 3.46. The molecule has 0 unspecified atom stereocenters. The molecular formula is C17H19N5S. The highest BCUT2D eigenvalue weighted by atomic mass is 32.2. The van der Waals surface area contributed by atoms with Gasteiger partial charge >= 0.3 is 0 Å². The Hall–Kier alpha value is -2.23. The summed E-state index contributed by atoms with van der Waals surface area (Å²) in [6.07, 6.45) is 2.23. The van der Waals surface area contributed by atoms with Crippen LogP contribution < -0.4 is 10.5 Å². The van der Waals surface area contributed by atoms with E-state index >= 15 is 0 Å². The molecule has 23 heavy (non-hydrogen) atoms. The fourth-order valence-electron chi connectivity index (χ4n) is 2.73. The minimum atomic E-state index is 0.523. The molecule has 0 atom stereocenters. The van der Waals surface area contributed by atoms with Gasteiger partial charge < -0.3 is 10.5 Å². The van der Waals surface area contributed by atoms with Gasteiger partial charge in [-0.15, -0.1) is 0 Å². The second-order valence-corrected chi connectivity index (χ2v) is 6.48. The van der Waals surface area contributed by atoms with Gasteiger partial charge in [0.15, 0.2) is 0 Å². The number of nitriles is 1. The van der Waals surface area contributed by atoms with Crippen LogP contribution in [0.1, 0.15) is 29.9 Å². The SMILES string of the molecule is N#Cc1ccc(C2CCN(SNc3cccc(N)n3)CC2)cc1. The van der Waals surface area contributed by atoms with Crippen LogP contribution in [-0.4, -0.2) is 22.4 Å². The molecule has 1 saturated heterocycles. The van der Waals surface area contributed by atoms with Crippen LogP contribution >= 0.6 is 12.1 Å². The number of anilines is 2. The number of nitrogens with two attached hydrogens (primary N) is 1. The van der Waals surface area contributed by atoms with Crippen molar-refractivity contribution in [3.8, 4) is 6.07 Å². The lowest BCUT2D eigenvalue weighted by atomic mass is 9.90. The minimum Gasteiger partial charge on any atom is -0.384 e.